The average Bonchev–Trinajstić information content (AvgIpc) is 2.51. The number of methoxy groups -OCH3 is 1. The maximum absolute atomic E-state index is 5.66. The minimum absolute atomic E-state index is 0.425. The molecule has 0 aromatic carbocycles. The molecule has 1 aliphatic heterocycles. The Morgan fingerprint density at radius 2 is 2.29 bits per heavy atom. The lowest BCUT2D eigenvalue weighted by Crippen LogP contribution is -2.42. The Labute approximate surface area is 128 Å². The van der Waals surface area contributed by atoms with Crippen LogP contribution in [0.5, 0.6) is 5.75 Å². The second-order valence-corrected chi connectivity index (χ2v) is 5.89. The molecule has 4 heteroatoms. The quantitative estimate of drug-likeness (QED) is 0.875. The smallest absolute Gasteiger partial charge is 0.128 e. The van der Waals surface area contributed by atoms with Crippen molar-refractivity contribution >= 4 is 0 Å². The van der Waals surface area contributed by atoms with Crippen molar-refractivity contribution in [2.75, 3.05) is 26.9 Å². The molecule has 21 heavy (non-hydrogen) atoms. The van der Waals surface area contributed by atoms with Crippen LogP contribution in [0, 0.1) is 19.8 Å². The first-order chi connectivity index (χ1) is 10.2. The summed E-state index contributed by atoms with van der Waals surface area (Å²) in [5.74, 6) is 1.54. The molecule has 2 rings (SSSR count). The first-order valence-corrected chi connectivity index (χ1v) is 7.97. The number of rotatable bonds is 6. The molecule has 0 radical (unpaired) electrons. The summed E-state index contributed by atoms with van der Waals surface area (Å²) in [6.45, 7) is 9.05. The predicted molar refractivity (Wildman–Crippen MR) is 85.0 cm³/mol. The molecule has 4 nitrogen and oxygen atoms in total. The largest absolute Gasteiger partial charge is 0.496 e. The van der Waals surface area contributed by atoms with Gasteiger partial charge in [0, 0.05) is 42.1 Å². The van der Waals surface area contributed by atoms with Gasteiger partial charge in [-0.05, 0) is 39.2 Å². The van der Waals surface area contributed by atoms with Gasteiger partial charge in [-0.15, -0.1) is 0 Å². The number of aryl methyl sites for hydroxylation is 1. The SMILES string of the molecule is CCNC(Cc1ncc(C)c(OC)c1C)C1CCCOC1. The summed E-state index contributed by atoms with van der Waals surface area (Å²) in [4.78, 5) is 4.64. The molecule has 0 spiro atoms. The second kappa shape index (κ2) is 7.76. The van der Waals surface area contributed by atoms with Crippen LogP contribution in [-0.2, 0) is 11.2 Å². The molecular formula is C17H28N2O2. The molecule has 2 heterocycles. The molecule has 118 valence electrons. The molecule has 1 aliphatic rings. The van der Waals surface area contributed by atoms with E-state index in [-0.39, 0.29) is 0 Å². The highest BCUT2D eigenvalue weighted by Crippen LogP contribution is 2.27. The van der Waals surface area contributed by atoms with Gasteiger partial charge in [0.1, 0.15) is 5.75 Å². The normalized spacial score (nSPS) is 20.3. The zero-order valence-corrected chi connectivity index (χ0v) is 13.7. The fourth-order valence-corrected chi connectivity index (χ4v) is 3.24. The van der Waals surface area contributed by atoms with Crippen LogP contribution in [0.3, 0.4) is 0 Å². The Hall–Kier alpha value is -1.13. The summed E-state index contributed by atoms with van der Waals surface area (Å²) in [5.41, 5.74) is 3.39. The van der Waals surface area contributed by atoms with Gasteiger partial charge in [0.25, 0.3) is 0 Å². The van der Waals surface area contributed by atoms with Crippen molar-refractivity contribution in [1.29, 1.82) is 0 Å². The highest BCUT2D eigenvalue weighted by atomic mass is 16.5. The van der Waals surface area contributed by atoms with E-state index in [9.17, 15) is 0 Å². The summed E-state index contributed by atoms with van der Waals surface area (Å²) >= 11 is 0. The van der Waals surface area contributed by atoms with Crippen LogP contribution in [-0.4, -0.2) is 37.9 Å². The molecule has 2 unspecified atom stereocenters. The molecule has 2 atom stereocenters. The Balaban J connectivity index is 2.16. The van der Waals surface area contributed by atoms with Gasteiger partial charge >= 0.3 is 0 Å². The van der Waals surface area contributed by atoms with Crippen LogP contribution in [0.15, 0.2) is 6.20 Å². The number of ether oxygens (including phenoxy) is 2. The number of likely N-dealkylation sites (N-methyl/N-ethyl adjacent to an activating group) is 1. The Kier molecular flexibility index (Phi) is 6.00. The van der Waals surface area contributed by atoms with Crippen LogP contribution in [0.4, 0.5) is 0 Å². The zero-order valence-electron chi connectivity index (χ0n) is 13.7. The van der Waals surface area contributed by atoms with Gasteiger partial charge < -0.3 is 14.8 Å². The Bertz CT molecular complexity index is 456. The molecule has 1 fully saturated rings. The van der Waals surface area contributed by atoms with Crippen molar-refractivity contribution in [2.24, 2.45) is 5.92 Å². The van der Waals surface area contributed by atoms with Crippen molar-refractivity contribution in [3.8, 4) is 5.75 Å². The van der Waals surface area contributed by atoms with Crippen LogP contribution < -0.4 is 10.1 Å². The Morgan fingerprint density at radius 1 is 1.48 bits per heavy atom. The molecule has 0 saturated carbocycles. The van der Waals surface area contributed by atoms with Gasteiger partial charge in [0.2, 0.25) is 0 Å². The van der Waals surface area contributed by atoms with E-state index in [1.165, 1.54) is 6.42 Å². The molecule has 1 aromatic heterocycles. The number of nitrogens with one attached hydrogen (secondary N) is 1. The maximum atomic E-state index is 5.66. The molecule has 1 saturated heterocycles. The van der Waals surface area contributed by atoms with Crippen molar-refractivity contribution in [3.63, 3.8) is 0 Å². The van der Waals surface area contributed by atoms with Gasteiger partial charge in [-0.1, -0.05) is 6.92 Å². The van der Waals surface area contributed by atoms with E-state index in [0.717, 1.165) is 55.2 Å². The van der Waals surface area contributed by atoms with E-state index < -0.39 is 0 Å². The highest BCUT2D eigenvalue weighted by Gasteiger charge is 2.25. The van der Waals surface area contributed by atoms with E-state index in [1.54, 1.807) is 7.11 Å². The molecular weight excluding hydrogens is 264 g/mol. The van der Waals surface area contributed by atoms with Gasteiger partial charge in [0.15, 0.2) is 0 Å². The third-order valence-corrected chi connectivity index (χ3v) is 4.39. The van der Waals surface area contributed by atoms with Gasteiger partial charge in [-0.2, -0.15) is 0 Å². The number of nitrogens with zero attached hydrogens (tertiary/aromatic N) is 1. The molecule has 1 N–H and O–H groups in total. The van der Waals surface area contributed by atoms with E-state index >= 15 is 0 Å². The van der Waals surface area contributed by atoms with Gasteiger partial charge in [-0.3, -0.25) is 4.98 Å². The van der Waals surface area contributed by atoms with E-state index in [0.29, 0.717) is 12.0 Å². The summed E-state index contributed by atoms with van der Waals surface area (Å²) in [7, 11) is 1.73. The lowest BCUT2D eigenvalue weighted by atomic mass is 9.89. The fourth-order valence-electron chi connectivity index (χ4n) is 3.24. The minimum Gasteiger partial charge on any atom is -0.496 e. The standard InChI is InChI=1S/C17H28N2O2/c1-5-18-16(14-7-6-8-21-11-14)9-15-13(3)17(20-4)12(2)10-19-15/h10,14,16,18H,5-9,11H2,1-4H3. The van der Waals surface area contributed by atoms with Gasteiger partial charge in [0.05, 0.1) is 13.7 Å². The van der Waals surface area contributed by atoms with Crippen LogP contribution in [0.2, 0.25) is 0 Å². The first kappa shape index (κ1) is 16.2. The topological polar surface area (TPSA) is 43.4 Å². The molecule has 0 amide bonds. The van der Waals surface area contributed by atoms with E-state index in [2.05, 4.69) is 24.1 Å². The van der Waals surface area contributed by atoms with Crippen molar-refractivity contribution in [3.05, 3.63) is 23.0 Å². The fraction of sp³-hybridized carbons (Fsp3) is 0.706. The van der Waals surface area contributed by atoms with Crippen LogP contribution in [0.1, 0.15) is 36.6 Å². The number of hydrogen-bond donors (Lipinski definition) is 1. The summed E-state index contributed by atoms with van der Waals surface area (Å²) in [6, 6.07) is 0.425. The van der Waals surface area contributed by atoms with Crippen LogP contribution >= 0.6 is 0 Å². The Morgan fingerprint density at radius 3 is 2.90 bits per heavy atom. The molecule has 1 aromatic rings. The lowest BCUT2D eigenvalue weighted by Gasteiger charge is -2.31. The van der Waals surface area contributed by atoms with Gasteiger partial charge in [-0.25, -0.2) is 0 Å². The second-order valence-electron chi connectivity index (χ2n) is 5.89. The monoisotopic (exact) mass is 292 g/mol. The van der Waals surface area contributed by atoms with Crippen LogP contribution in [0.25, 0.3) is 0 Å². The highest BCUT2D eigenvalue weighted by molar-refractivity contribution is 5.41. The predicted octanol–water partition coefficient (Wildman–Crippen LogP) is 2.65. The third kappa shape index (κ3) is 3.95. The minimum atomic E-state index is 0.425. The van der Waals surface area contributed by atoms with Crippen molar-refractivity contribution in [1.82, 2.24) is 10.3 Å². The summed E-state index contributed by atoms with van der Waals surface area (Å²) in [5, 5.41) is 3.62. The summed E-state index contributed by atoms with van der Waals surface area (Å²) < 4.78 is 11.2. The average molecular weight is 292 g/mol. The van der Waals surface area contributed by atoms with Crippen molar-refractivity contribution < 1.29 is 9.47 Å². The maximum Gasteiger partial charge on any atom is 0.128 e. The number of hydrogen-bond acceptors (Lipinski definition) is 4. The zero-order chi connectivity index (χ0) is 15.2. The molecule has 0 aliphatic carbocycles. The number of pyridine rings is 1. The lowest BCUT2D eigenvalue weighted by molar-refractivity contribution is 0.0394. The first-order valence-electron chi connectivity index (χ1n) is 7.97. The van der Waals surface area contributed by atoms with Crippen molar-refractivity contribution in [2.45, 2.75) is 46.1 Å². The van der Waals surface area contributed by atoms with E-state index in [4.69, 9.17) is 9.47 Å². The third-order valence-electron chi connectivity index (χ3n) is 4.39. The van der Waals surface area contributed by atoms with E-state index in [1.807, 2.05) is 13.1 Å². The molecule has 0 bridgehead atoms. The summed E-state index contributed by atoms with van der Waals surface area (Å²) in [6.07, 6.45) is 5.25. The number of aromatic nitrogens is 1.